The van der Waals surface area contributed by atoms with Crippen molar-refractivity contribution in [2.45, 2.75) is 18.9 Å². The Bertz CT molecular complexity index is 824. The number of carbonyl (C=O) groups is 2. The summed E-state index contributed by atoms with van der Waals surface area (Å²) in [5.41, 5.74) is 2.50. The molecule has 0 aliphatic carbocycles. The van der Waals surface area contributed by atoms with Gasteiger partial charge in [-0.15, -0.1) is 0 Å². The largest absolute Gasteiger partial charge is 0.453 e. The number of amides is 1. The van der Waals surface area contributed by atoms with Crippen LogP contribution in [0.4, 0.5) is 5.69 Å². The number of carbonyl (C=O) groups excluding carboxylic acids is 2. The van der Waals surface area contributed by atoms with E-state index in [9.17, 15) is 9.59 Å². The third kappa shape index (κ3) is 5.54. The predicted molar refractivity (Wildman–Crippen MR) is 105 cm³/mol. The Balaban J connectivity index is 1.60. The van der Waals surface area contributed by atoms with Gasteiger partial charge in [0.05, 0.1) is 6.42 Å². The van der Waals surface area contributed by atoms with Crippen LogP contribution < -0.4 is 5.32 Å². The lowest BCUT2D eigenvalue weighted by Crippen LogP contribution is -2.17. The van der Waals surface area contributed by atoms with Gasteiger partial charge in [-0.1, -0.05) is 78.9 Å². The van der Waals surface area contributed by atoms with Crippen molar-refractivity contribution < 1.29 is 14.3 Å². The second-order valence-electron chi connectivity index (χ2n) is 6.11. The maximum Gasteiger partial charge on any atom is 0.307 e. The minimum Gasteiger partial charge on any atom is -0.453 e. The molecule has 0 atom stereocenters. The number of hydrogen-bond donors (Lipinski definition) is 1. The van der Waals surface area contributed by atoms with Gasteiger partial charge in [-0.05, 0) is 23.3 Å². The first kappa shape index (κ1) is 18.4. The number of benzene rings is 3. The molecule has 0 unspecified atom stereocenters. The summed E-state index contributed by atoms with van der Waals surface area (Å²) in [6.07, 6.45) is -0.393. The van der Waals surface area contributed by atoms with Gasteiger partial charge in [0.1, 0.15) is 0 Å². The van der Waals surface area contributed by atoms with E-state index in [1.54, 1.807) is 12.1 Å². The molecule has 3 rings (SSSR count). The minimum absolute atomic E-state index is 0.0227. The van der Waals surface area contributed by atoms with Crippen molar-refractivity contribution in [1.29, 1.82) is 0 Å². The summed E-state index contributed by atoms with van der Waals surface area (Å²) in [5.74, 6) is -0.620. The molecule has 3 aromatic carbocycles. The molecule has 27 heavy (non-hydrogen) atoms. The molecule has 3 aromatic rings. The van der Waals surface area contributed by atoms with Gasteiger partial charge in [0.25, 0.3) is 0 Å². The molecule has 0 heterocycles. The van der Waals surface area contributed by atoms with Crippen molar-refractivity contribution >= 4 is 17.6 Å². The Kier molecular flexibility index (Phi) is 6.36. The van der Waals surface area contributed by atoms with Crippen molar-refractivity contribution in [3.05, 3.63) is 102 Å². The highest BCUT2D eigenvalue weighted by Gasteiger charge is 2.19. The first-order valence-corrected chi connectivity index (χ1v) is 8.86. The molecule has 0 saturated heterocycles. The van der Waals surface area contributed by atoms with Crippen LogP contribution in [0.2, 0.25) is 0 Å². The van der Waals surface area contributed by atoms with Gasteiger partial charge in [0.15, 0.2) is 6.10 Å². The van der Waals surface area contributed by atoms with Crippen LogP contribution in [-0.2, 0) is 14.3 Å². The highest BCUT2D eigenvalue weighted by Crippen LogP contribution is 2.26. The third-order valence-electron chi connectivity index (χ3n) is 4.07. The zero-order valence-electron chi connectivity index (χ0n) is 14.9. The summed E-state index contributed by atoms with van der Waals surface area (Å²) in [6, 6.07) is 28.3. The summed E-state index contributed by atoms with van der Waals surface area (Å²) >= 11 is 0. The normalized spacial score (nSPS) is 10.4. The Morgan fingerprint density at radius 2 is 1.19 bits per heavy atom. The van der Waals surface area contributed by atoms with Crippen LogP contribution in [0.5, 0.6) is 0 Å². The van der Waals surface area contributed by atoms with E-state index in [0.717, 1.165) is 11.1 Å². The summed E-state index contributed by atoms with van der Waals surface area (Å²) in [4.78, 5) is 24.4. The molecule has 0 aliphatic rings. The van der Waals surface area contributed by atoms with E-state index in [2.05, 4.69) is 5.32 Å². The van der Waals surface area contributed by atoms with Gasteiger partial charge in [0.2, 0.25) is 5.91 Å². The highest BCUT2D eigenvalue weighted by molar-refractivity contribution is 5.92. The Hall–Kier alpha value is -3.40. The van der Waals surface area contributed by atoms with E-state index in [0.29, 0.717) is 5.69 Å². The minimum atomic E-state index is -0.489. The van der Waals surface area contributed by atoms with Gasteiger partial charge in [-0.3, -0.25) is 9.59 Å². The number of nitrogens with one attached hydrogen (secondary N) is 1. The highest BCUT2D eigenvalue weighted by atomic mass is 16.5. The van der Waals surface area contributed by atoms with E-state index >= 15 is 0 Å². The molecule has 4 heteroatoms. The van der Waals surface area contributed by atoms with E-state index in [4.69, 9.17) is 4.74 Å². The number of hydrogen-bond acceptors (Lipinski definition) is 3. The van der Waals surface area contributed by atoms with Crippen LogP contribution in [0.3, 0.4) is 0 Å². The third-order valence-corrected chi connectivity index (χ3v) is 4.07. The standard InChI is InChI=1S/C23H21NO3/c25-21(24-20-14-8-3-9-15-20)16-17-22(26)27-23(18-10-4-1-5-11-18)19-12-6-2-7-13-19/h1-15,23H,16-17H2,(H,24,25). The Morgan fingerprint density at radius 1 is 0.704 bits per heavy atom. The van der Waals surface area contributed by atoms with Crippen molar-refractivity contribution in [3.8, 4) is 0 Å². The van der Waals surface area contributed by atoms with Crippen molar-refractivity contribution in [2.75, 3.05) is 5.32 Å². The lowest BCUT2D eigenvalue weighted by molar-refractivity contribution is -0.148. The average Bonchev–Trinajstić information content (AvgIpc) is 2.72. The summed E-state index contributed by atoms with van der Waals surface area (Å²) in [5, 5.41) is 2.77. The fraction of sp³-hybridized carbons (Fsp3) is 0.130. The molecule has 1 amide bonds. The van der Waals surface area contributed by atoms with Gasteiger partial charge in [0, 0.05) is 12.1 Å². The van der Waals surface area contributed by atoms with Gasteiger partial charge < -0.3 is 10.1 Å². The molecule has 1 N–H and O–H groups in total. The molecular weight excluding hydrogens is 338 g/mol. The quantitative estimate of drug-likeness (QED) is 0.620. The zero-order chi connectivity index (χ0) is 18.9. The number of rotatable bonds is 7. The van der Waals surface area contributed by atoms with Crippen LogP contribution in [0.1, 0.15) is 30.1 Å². The predicted octanol–water partition coefficient (Wildman–Crippen LogP) is 4.74. The molecule has 136 valence electrons. The molecule has 4 nitrogen and oxygen atoms in total. The van der Waals surface area contributed by atoms with Crippen LogP contribution in [0.25, 0.3) is 0 Å². The number of ether oxygens (including phenoxy) is 1. The molecule has 0 radical (unpaired) electrons. The fourth-order valence-electron chi connectivity index (χ4n) is 2.74. The maximum atomic E-state index is 12.4. The SMILES string of the molecule is O=C(CCC(=O)OC(c1ccccc1)c1ccccc1)Nc1ccccc1. The molecule has 0 saturated carbocycles. The van der Waals surface area contributed by atoms with Gasteiger partial charge in [-0.2, -0.15) is 0 Å². The van der Waals surface area contributed by atoms with E-state index in [1.165, 1.54) is 0 Å². The number of anilines is 1. The molecular formula is C23H21NO3. The smallest absolute Gasteiger partial charge is 0.307 e. The second kappa shape index (κ2) is 9.34. The van der Waals surface area contributed by atoms with Gasteiger partial charge >= 0.3 is 5.97 Å². The Labute approximate surface area is 158 Å². The Morgan fingerprint density at radius 3 is 1.70 bits per heavy atom. The van der Waals surface area contributed by atoms with Crippen molar-refractivity contribution in [1.82, 2.24) is 0 Å². The lowest BCUT2D eigenvalue weighted by atomic mass is 10.0. The van der Waals surface area contributed by atoms with E-state index in [-0.39, 0.29) is 18.7 Å². The first-order valence-electron chi connectivity index (χ1n) is 8.86. The molecule has 0 aromatic heterocycles. The topological polar surface area (TPSA) is 55.4 Å². The number of esters is 1. The van der Waals surface area contributed by atoms with Gasteiger partial charge in [-0.25, -0.2) is 0 Å². The molecule has 0 aliphatic heterocycles. The summed E-state index contributed by atoms with van der Waals surface area (Å²) < 4.78 is 5.70. The van der Waals surface area contributed by atoms with Crippen LogP contribution >= 0.6 is 0 Å². The molecule has 0 fully saturated rings. The summed E-state index contributed by atoms with van der Waals surface area (Å²) in [6.45, 7) is 0. The van der Waals surface area contributed by atoms with Crippen LogP contribution in [-0.4, -0.2) is 11.9 Å². The monoisotopic (exact) mass is 359 g/mol. The van der Waals surface area contributed by atoms with Crippen molar-refractivity contribution in [3.63, 3.8) is 0 Å². The van der Waals surface area contributed by atoms with Crippen LogP contribution in [0.15, 0.2) is 91.0 Å². The fourth-order valence-corrected chi connectivity index (χ4v) is 2.74. The average molecular weight is 359 g/mol. The molecule has 0 spiro atoms. The summed E-state index contributed by atoms with van der Waals surface area (Å²) in [7, 11) is 0. The maximum absolute atomic E-state index is 12.4. The lowest BCUT2D eigenvalue weighted by Gasteiger charge is -2.19. The first-order chi connectivity index (χ1) is 13.2. The van der Waals surface area contributed by atoms with Crippen LogP contribution in [0, 0.1) is 0 Å². The zero-order valence-corrected chi connectivity index (χ0v) is 14.9. The number of para-hydroxylation sites is 1. The van der Waals surface area contributed by atoms with Crippen molar-refractivity contribution in [2.24, 2.45) is 0 Å². The van der Waals surface area contributed by atoms with E-state index < -0.39 is 12.1 Å². The molecule has 0 bridgehead atoms. The van der Waals surface area contributed by atoms with E-state index in [1.807, 2.05) is 78.9 Å². The second-order valence-corrected chi connectivity index (χ2v) is 6.11.